The summed E-state index contributed by atoms with van der Waals surface area (Å²) in [6, 6.07) is 15.8. The van der Waals surface area contributed by atoms with Gasteiger partial charge in [-0.05, 0) is 74.2 Å². The number of rotatable bonds is 7. The van der Waals surface area contributed by atoms with Gasteiger partial charge < -0.3 is 10.1 Å². The topological polar surface area (TPSA) is 75.7 Å². The molecule has 6 nitrogen and oxygen atoms in total. The summed E-state index contributed by atoms with van der Waals surface area (Å²) in [6.45, 7) is 4.72. The van der Waals surface area contributed by atoms with Gasteiger partial charge in [-0.15, -0.1) is 0 Å². The quantitative estimate of drug-likeness (QED) is 0.310. The summed E-state index contributed by atoms with van der Waals surface area (Å²) < 4.78 is 34.5. The Morgan fingerprint density at radius 3 is 2.41 bits per heavy atom. The lowest BCUT2D eigenvalue weighted by molar-refractivity contribution is -0.126. The Kier molecular flexibility index (Phi) is 8.86. The van der Waals surface area contributed by atoms with Gasteiger partial charge in [0.1, 0.15) is 11.5 Å². The Bertz CT molecular complexity index is 1420. The highest BCUT2D eigenvalue weighted by Gasteiger charge is 2.32. The van der Waals surface area contributed by atoms with E-state index in [1.165, 1.54) is 4.31 Å². The molecule has 1 fully saturated rings. The van der Waals surface area contributed by atoms with Crippen LogP contribution in [0.1, 0.15) is 29.5 Å². The summed E-state index contributed by atoms with van der Waals surface area (Å²) in [5.41, 5.74) is 2.77. The van der Waals surface area contributed by atoms with Crippen LogP contribution in [0.2, 0.25) is 10.0 Å². The zero-order chi connectivity index (χ0) is 26.7. The van der Waals surface area contributed by atoms with Crippen LogP contribution >= 0.6 is 39.1 Å². The molecule has 1 saturated heterocycles. The molecule has 0 radical (unpaired) electrons. The van der Waals surface area contributed by atoms with Crippen LogP contribution in [0.3, 0.4) is 0 Å². The van der Waals surface area contributed by atoms with E-state index in [-0.39, 0.29) is 18.4 Å². The summed E-state index contributed by atoms with van der Waals surface area (Å²) in [5, 5.41) is 3.80. The third-order valence-electron chi connectivity index (χ3n) is 6.54. The average Bonchev–Trinajstić information content (AvgIpc) is 2.87. The second kappa shape index (κ2) is 11.7. The third kappa shape index (κ3) is 6.67. The van der Waals surface area contributed by atoms with Gasteiger partial charge in [0.25, 0.3) is 0 Å². The van der Waals surface area contributed by atoms with E-state index in [0.29, 0.717) is 52.4 Å². The van der Waals surface area contributed by atoms with E-state index < -0.39 is 10.0 Å². The van der Waals surface area contributed by atoms with Gasteiger partial charge in [0.15, 0.2) is 0 Å². The molecule has 3 aromatic carbocycles. The fourth-order valence-corrected chi connectivity index (χ4v) is 6.33. The fourth-order valence-electron chi connectivity index (χ4n) is 4.15. The maximum absolute atomic E-state index is 13.1. The lowest BCUT2D eigenvalue weighted by Crippen LogP contribution is -2.42. The number of aryl methyl sites for hydroxylation is 2. The van der Waals surface area contributed by atoms with Crippen molar-refractivity contribution < 1.29 is 17.9 Å². The molecule has 0 saturated carbocycles. The molecule has 10 heteroatoms. The minimum atomic E-state index is -3.59. The van der Waals surface area contributed by atoms with Crippen molar-refractivity contribution in [2.45, 2.75) is 38.1 Å². The Hall–Kier alpha value is -2.10. The number of amides is 1. The zero-order valence-corrected chi connectivity index (χ0v) is 24.3. The Morgan fingerprint density at radius 2 is 1.73 bits per heavy atom. The molecule has 0 bridgehead atoms. The van der Waals surface area contributed by atoms with Gasteiger partial charge in [-0.25, -0.2) is 8.42 Å². The Balaban J connectivity index is 1.37. The molecular weight excluding hydrogens is 599 g/mol. The van der Waals surface area contributed by atoms with Crippen LogP contribution in [0.25, 0.3) is 0 Å². The number of carbonyl (C=O) groups is 1. The lowest BCUT2D eigenvalue weighted by Gasteiger charge is -2.30. The molecule has 37 heavy (non-hydrogen) atoms. The Labute approximate surface area is 236 Å². The standard InChI is InChI=1S/C27H27BrCl2N2O4S/c1-17-3-7-23(13-18(17)2)37(34,35)32-11-9-19(10-12-32)27(33)31-16-20-4-5-21(28)14-26(20)36-22-6-8-24(29)25(30)15-22/h3-8,13-15,19H,9-12,16H2,1-2H3,(H,31,33). The highest BCUT2D eigenvalue weighted by Crippen LogP contribution is 2.33. The largest absolute Gasteiger partial charge is 0.457 e. The molecule has 1 aliphatic rings. The van der Waals surface area contributed by atoms with Crippen LogP contribution in [0.5, 0.6) is 11.5 Å². The van der Waals surface area contributed by atoms with E-state index in [4.69, 9.17) is 27.9 Å². The smallest absolute Gasteiger partial charge is 0.243 e. The van der Waals surface area contributed by atoms with E-state index in [2.05, 4.69) is 21.2 Å². The number of piperidine rings is 1. The highest BCUT2D eigenvalue weighted by molar-refractivity contribution is 9.10. The van der Waals surface area contributed by atoms with Crippen LogP contribution < -0.4 is 10.1 Å². The number of benzene rings is 3. The van der Waals surface area contributed by atoms with Crippen molar-refractivity contribution in [1.29, 1.82) is 0 Å². The van der Waals surface area contributed by atoms with Crippen LogP contribution in [-0.2, 0) is 21.4 Å². The van der Waals surface area contributed by atoms with Gasteiger partial charge in [-0.2, -0.15) is 4.31 Å². The number of halogens is 3. The monoisotopic (exact) mass is 624 g/mol. The van der Waals surface area contributed by atoms with Crippen molar-refractivity contribution >= 4 is 55.1 Å². The average molecular weight is 626 g/mol. The number of ether oxygens (including phenoxy) is 1. The van der Waals surface area contributed by atoms with Crippen molar-refractivity contribution in [3.63, 3.8) is 0 Å². The zero-order valence-electron chi connectivity index (χ0n) is 20.4. The second-order valence-electron chi connectivity index (χ2n) is 9.07. The predicted molar refractivity (Wildman–Crippen MR) is 150 cm³/mol. The molecule has 0 spiro atoms. The van der Waals surface area contributed by atoms with Gasteiger partial charge in [0.05, 0.1) is 14.9 Å². The minimum Gasteiger partial charge on any atom is -0.457 e. The molecule has 0 unspecified atom stereocenters. The van der Waals surface area contributed by atoms with Crippen molar-refractivity contribution in [3.8, 4) is 11.5 Å². The molecule has 196 valence electrons. The predicted octanol–water partition coefficient (Wildman–Crippen LogP) is 6.88. The van der Waals surface area contributed by atoms with E-state index in [0.717, 1.165) is 21.2 Å². The normalized spacial score (nSPS) is 14.9. The molecule has 1 aliphatic heterocycles. The van der Waals surface area contributed by atoms with Crippen molar-refractivity contribution in [2.75, 3.05) is 13.1 Å². The van der Waals surface area contributed by atoms with Gasteiger partial charge >= 0.3 is 0 Å². The van der Waals surface area contributed by atoms with Gasteiger partial charge in [0.2, 0.25) is 15.9 Å². The van der Waals surface area contributed by atoms with Crippen LogP contribution in [-0.4, -0.2) is 31.7 Å². The molecule has 1 amide bonds. The van der Waals surface area contributed by atoms with E-state index in [1.807, 2.05) is 38.1 Å². The number of nitrogens with zero attached hydrogens (tertiary/aromatic N) is 1. The second-order valence-corrected chi connectivity index (χ2v) is 12.7. The molecule has 3 aromatic rings. The summed E-state index contributed by atoms with van der Waals surface area (Å²) in [6.07, 6.45) is 0.922. The minimum absolute atomic E-state index is 0.105. The number of carbonyl (C=O) groups excluding carboxylic acids is 1. The SMILES string of the molecule is Cc1ccc(S(=O)(=O)N2CCC(C(=O)NCc3ccc(Br)cc3Oc3ccc(Cl)c(Cl)c3)CC2)cc1C. The first-order chi connectivity index (χ1) is 17.5. The molecule has 0 aliphatic carbocycles. The third-order valence-corrected chi connectivity index (χ3v) is 9.67. The maximum atomic E-state index is 13.1. The van der Waals surface area contributed by atoms with Crippen LogP contribution in [0.15, 0.2) is 64.0 Å². The number of hydrogen-bond donors (Lipinski definition) is 1. The van der Waals surface area contributed by atoms with Crippen LogP contribution in [0, 0.1) is 19.8 Å². The Morgan fingerprint density at radius 1 is 1.00 bits per heavy atom. The molecule has 4 rings (SSSR count). The van der Waals surface area contributed by atoms with E-state index >= 15 is 0 Å². The first kappa shape index (κ1) is 27.9. The van der Waals surface area contributed by atoms with Crippen LogP contribution in [0.4, 0.5) is 0 Å². The van der Waals surface area contributed by atoms with Crippen molar-refractivity contribution in [1.82, 2.24) is 9.62 Å². The molecule has 0 aromatic heterocycles. The first-order valence-electron chi connectivity index (χ1n) is 11.8. The van der Waals surface area contributed by atoms with Gasteiger partial charge in [-0.3, -0.25) is 4.79 Å². The summed E-state index contributed by atoms with van der Waals surface area (Å²) >= 11 is 15.6. The lowest BCUT2D eigenvalue weighted by atomic mass is 9.97. The summed E-state index contributed by atoms with van der Waals surface area (Å²) in [4.78, 5) is 13.2. The van der Waals surface area contributed by atoms with Gasteiger partial charge in [0, 0.05) is 41.7 Å². The molecule has 1 heterocycles. The van der Waals surface area contributed by atoms with E-state index in [9.17, 15) is 13.2 Å². The van der Waals surface area contributed by atoms with Crippen molar-refractivity contribution in [2.24, 2.45) is 5.92 Å². The number of hydrogen-bond acceptors (Lipinski definition) is 4. The van der Waals surface area contributed by atoms with Crippen molar-refractivity contribution in [3.05, 3.63) is 85.8 Å². The highest BCUT2D eigenvalue weighted by atomic mass is 79.9. The summed E-state index contributed by atoms with van der Waals surface area (Å²) in [5.74, 6) is 0.729. The number of sulfonamides is 1. The van der Waals surface area contributed by atoms with E-state index in [1.54, 1.807) is 30.3 Å². The molecule has 0 atom stereocenters. The molecular formula is C27H27BrCl2N2O4S. The number of nitrogens with one attached hydrogen (secondary N) is 1. The maximum Gasteiger partial charge on any atom is 0.243 e. The fraction of sp³-hybridized carbons (Fsp3) is 0.296. The first-order valence-corrected chi connectivity index (χ1v) is 14.8. The molecule has 1 N–H and O–H groups in total. The summed E-state index contributed by atoms with van der Waals surface area (Å²) in [7, 11) is -3.59. The van der Waals surface area contributed by atoms with Gasteiger partial charge in [-0.1, -0.05) is 51.3 Å².